The Bertz CT molecular complexity index is 406. The second-order valence-corrected chi connectivity index (χ2v) is 5.53. The minimum atomic E-state index is 0.0469. The van der Waals surface area contributed by atoms with Crippen molar-refractivity contribution in [1.29, 1.82) is 0 Å². The molecule has 0 spiro atoms. The van der Waals surface area contributed by atoms with E-state index in [1.165, 1.54) is 0 Å². The maximum Gasteiger partial charge on any atom is 0.254 e. The van der Waals surface area contributed by atoms with Crippen molar-refractivity contribution in [2.45, 2.75) is 26.8 Å². The molecule has 94 valence electrons. The van der Waals surface area contributed by atoms with E-state index in [0.717, 1.165) is 15.6 Å². The van der Waals surface area contributed by atoms with E-state index in [4.69, 9.17) is 11.6 Å². The fourth-order valence-corrected chi connectivity index (χ4v) is 2.36. The van der Waals surface area contributed by atoms with Crippen molar-refractivity contribution >= 4 is 33.4 Å². The normalized spacial score (nSPS) is 10.7. The topological polar surface area (TPSA) is 20.3 Å². The van der Waals surface area contributed by atoms with Crippen molar-refractivity contribution in [2.24, 2.45) is 0 Å². The number of carbonyl (C=O) groups excluding carboxylic acids is 1. The molecule has 0 aromatic heterocycles. The Morgan fingerprint density at radius 3 is 2.59 bits per heavy atom. The van der Waals surface area contributed by atoms with E-state index in [1.54, 1.807) is 4.90 Å². The third-order valence-electron chi connectivity index (χ3n) is 2.63. The van der Waals surface area contributed by atoms with Gasteiger partial charge in [-0.05, 0) is 44.5 Å². The van der Waals surface area contributed by atoms with Gasteiger partial charge in [-0.15, -0.1) is 11.6 Å². The van der Waals surface area contributed by atoms with Crippen LogP contribution in [0.15, 0.2) is 22.7 Å². The molecule has 0 aliphatic rings. The summed E-state index contributed by atoms with van der Waals surface area (Å²) in [4.78, 5) is 14.2. The molecule has 0 heterocycles. The smallest absolute Gasteiger partial charge is 0.254 e. The molecule has 0 aliphatic carbocycles. The Balaban J connectivity index is 3.01. The Kier molecular flexibility index (Phi) is 5.47. The van der Waals surface area contributed by atoms with Gasteiger partial charge >= 0.3 is 0 Å². The van der Waals surface area contributed by atoms with Crippen molar-refractivity contribution in [1.82, 2.24) is 4.90 Å². The lowest BCUT2D eigenvalue weighted by Crippen LogP contribution is -2.38. The molecule has 1 rings (SSSR count). The molecule has 0 bridgehead atoms. The SMILES string of the molecule is Cc1cc(Br)ccc1C(=O)N(CCCl)C(C)C. The molecule has 0 radical (unpaired) electrons. The maximum absolute atomic E-state index is 12.4. The van der Waals surface area contributed by atoms with Crippen LogP contribution in [-0.4, -0.2) is 29.3 Å². The number of hydrogen-bond acceptors (Lipinski definition) is 1. The highest BCUT2D eigenvalue weighted by Crippen LogP contribution is 2.18. The number of alkyl halides is 1. The average Bonchev–Trinajstić information content (AvgIpc) is 2.24. The summed E-state index contributed by atoms with van der Waals surface area (Å²) in [5.74, 6) is 0.505. The first-order valence-corrected chi connectivity index (χ1v) is 6.93. The van der Waals surface area contributed by atoms with E-state index in [9.17, 15) is 4.79 Å². The van der Waals surface area contributed by atoms with Gasteiger partial charge in [0.15, 0.2) is 0 Å². The molecule has 1 amide bonds. The van der Waals surface area contributed by atoms with Crippen LogP contribution in [0.5, 0.6) is 0 Å². The first-order valence-electron chi connectivity index (χ1n) is 5.60. The van der Waals surface area contributed by atoms with Crippen LogP contribution < -0.4 is 0 Å². The zero-order chi connectivity index (χ0) is 13.0. The van der Waals surface area contributed by atoms with Crippen molar-refractivity contribution in [2.75, 3.05) is 12.4 Å². The molecular weight excluding hydrogens is 302 g/mol. The molecule has 17 heavy (non-hydrogen) atoms. The predicted molar refractivity (Wildman–Crippen MR) is 75.8 cm³/mol. The number of rotatable bonds is 4. The van der Waals surface area contributed by atoms with Crippen LogP contribution in [-0.2, 0) is 0 Å². The third kappa shape index (κ3) is 3.71. The molecule has 4 heteroatoms. The summed E-state index contributed by atoms with van der Waals surface area (Å²) in [5, 5.41) is 0. The van der Waals surface area contributed by atoms with Crippen LogP contribution in [0.3, 0.4) is 0 Å². The molecule has 0 fully saturated rings. The summed E-state index contributed by atoms with van der Waals surface area (Å²) >= 11 is 9.13. The summed E-state index contributed by atoms with van der Waals surface area (Å²) < 4.78 is 0.986. The second-order valence-electron chi connectivity index (χ2n) is 4.24. The molecule has 0 unspecified atom stereocenters. The summed E-state index contributed by atoms with van der Waals surface area (Å²) in [6.07, 6.45) is 0. The van der Waals surface area contributed by atoms with E-state index in [-0.39, 0.29) is 11.9 Å². The van der Waals surface area contributed by atoms with Gasteiger partial charge in [-0.2, -0.15) is 0 Å². The van der Waals surface area contributed by atoms with Gasteiger partial charge in [-0.1, -0.05) is 15.9 Å². The van der Waals surface area contributed by atoms with Gasteiger partial charge in [0.25, 0.3) is 5.91 Å². The van der Waals surface area contributed by atoms with Gasteiger partial charge in [0.05, 0.1) is 0 Å². The Labute approximate surface area is 116 Å². The lowest BCUT2D eigenvalue weighted by Gasteiger charge is -2.26. The number of benzene rings is 1. The highest BCUT2D eigenvalue weighted by molar-refractivity contribution is 9.10. The Hall–Kier alpha value is -0.540. The molecule has 0 aliphatic heterocycles. The average molecular weight is 319 g/mol. The first-order chi connectivity index (χ1) is 7.97. The zero-order valence-electron chi connectivity index (χ0n) is 10.3. The van der Waals surface area contributed by atoms with E-state index in [0.29, 0.717) is 12.4 Å². The van der Waals surface area contributed by atoms with Gasteiger partial charge in [-0.3, -0.25) is 4.79 Å². The van der Waals surface area contributed by atoms with Gasteiger partial charge in [-0.25, -0.2) is 0 Å². The minimum absolute atomic E-state index is 0.0469. The van der Waals surface area contributed by atoms with Crippen LogP contribution in [0.2, 0.25) is 0 Å². The van der Waals surface area contributed by atoms with E-state index >= 15 is 0 Å². The fourth-order valence-electron chi connectivity index (χ4n) is 1.71. The third-order valence-corrected chi connectivity index (χ3v) is 3.29. The highest BCUT2D eigenvalue weighted by atomic mass is 79.9. The van der Waals surface area contributed by atoms with Crippen molar-refractivity contribution in [3.63, 3.8) is 0 Å². The molecule has 0 N–H and O–H groups in total. The number of amides is 1. The first kappa shape index (κ1) is 14.5. The molecule has 1 aromatic carbocycles. The molecule has 0 atom stereocenters. The fraction of sp³-hybridized carbons (Fsp3) is 0.462. The monoisotopic (exact) mass is 317 g/mol. The lowest BCUT2D eigenvalue weighted by atomic mass is 10.1. The number of carbonyl (C=O) groups is 1. The van der Waals surface area contributed by atoms with Crippen molar-refractivity contribution in [3.05, 3.63) is 33.8 Å². The van der Waals surface area contributed by atoms with Gasteiger partial charge in [0, 0.05) is 28.5 Å². The summed E-state index contributed by atoms with van der Waals surface area (Å²) in [7, 11) is 0. The van der Waals surface area contributed by atoms with Gasteiger partial charge < -0.3 is 4.90 Å². The molecule has 0 saturated carbocycles. The Morgan fingerprint density at radius 2 is 2.12 bits per heavy atom. The largest absolute Gasteiger partial charge is 0.335 e. The predicted octanol–water partition coefficient (Wildman–Crippen LogP) is 3.85. The zero-order valence-corrected chi connectivity index (χ0v) is 12.7. The maximum atomic E-state index is 12.4. The second kappa shape index (κ2) is 6.41. The minimum Gasteiger partial charge on any atom is -0.335 e. The summed E-state index contributed by atoms with van der Waals surface area (Å²) in [6, 6.07) is 5.85. The summed E-state index contributed by atoms with van der Waals surface area (Å²) in [6.45, 7) is 6.52. The van der Waals surface area contributed by atoms with Crippen LogP contribution in [0.4, 0.5) is 0 Å². The molecule has 2 nitrogen and oxygen atoms in total. The number of nitrogens with zero attached hydrogens (tertiary/aromatic N) is 1. The molecular formula is C13H17BrClNO. The van der Waals surface area contributed by atoms with Crippen molar-refractivity contribution < 1.29 is 4.79 Å². The number of aryl methyl sites for hydroxylation is 1. The number of hydrogen-bond donors (Lipinski definition) is 0. The van der Waals surface area contributed by atoms with Gasteiger partial charge in [0.1, 0.15) is 0 Å². The standard InChI is InChI=1S/C13H17BrClNO/c1-9(2)16(7-6-15)13(17)12-5-4-11(14)8-10(12)3/h4-5,8-9H,6-7H2,1-3H3. The quantitative estimate of drug-likeness (QED) is 0.772. The van der Waals surface area contributed by atoms with Crippen LogP contribution >= 0.6 is 27.5 Å². The Morgan fingerprint density at radius 1 is 1.47 bits per heavy atom. The van der Waals surface area contributed by atoms with E-state index in [2.05, 4.69) is 15.9 Å². The molecule has 0 saturated heterocycles. The lowest BCUT2D eigenvalue weighted by molar-refractivity contribution is 0.0717. The van der Waals surface area contributed by atoms with Crippen LogP contribution in [0, 0.1) is 6.92 Å². The van der Waals surface area contributed by atoms with E-state index in [1.807, 2.05) is 39.0 Å². The van der Waals surface area contributed by atoms with Crippen molar-refractivity contribution in [3.8, 4) is 0 Å². The highest BCUT2D eigenvalue weighted by Gasteiger charge is 2.19. The molecule has 1 aromatic rings. The van der Waals surface area contributed by atoms with E-state index < -0.39 is 0 Å². The number of halogens is 2. The van der Waals surface area contributed by atoms with Crippen LogP contribution in [0.25, 0.3) is 0 Å². The summed E-state index contributed by atoms with van der Waals surface area (Å²) in [5.41, 5.74) is 1.72. The van der Waals surface area contributed by atoms with Crippen LogP contribution in [0.1, 0.15) is 29.8 Å². The van der Waals surface area contributed by atoms with Gasteiger partial charge in [0.2, 0.25) is 0 Å².